The number of nitriles is 1. The number of alkyl halides is 3. The lowest BCUT2D eigenvalue weighted by Gasteiger charge is -2.10. The van der Waals surface area contributed by atoms with Gasteiger partial charge < -0.3 is 0 Å². The summed E-state index contributed by atoms with van der Waals surface area (Å²) >= 11 is 5.68. The molecule has 0 saturated heterocycles. The molecule has 0 heterocycles. The normalized spacial score (nSPS) is 12.7. The summed E-state index contributed by atoms with van der Waals surface area (Å²) in [6, 6.07) is 10.9. The summed E-state index contributed by atoms with van der Waals surface area (Å²) in [5.74, 6) is 0. The van der Waals surface area contributed by atoms with E-state index in [1.54, 1.807) is 0 Å². The highest BCUT2D eigenvalue weighted by Gasteiger charge is 2.33. The fourth-order valence-electron chi connectivity index (χ4n) is 1.93. The van der Waals surface area contributed by atoms with Crippen LogP contribution in [0, 0.1) is 11.3 Å². The Morgan fingerprint density at radius 1 is 1.08 bits per heavy atom. The first-order valence-corrected chi connectivity index (χ1v) is 8.31. The molecule has 0 aliphatic carbocycles. The molecule has 0 amide bonds. The summed E-state index contributed by atoms with van der Waals surface area (Å²) in [4.78, 5) is -1.02. The number of hydrogen-bond donors (Lipinski definition) is 0. The first kappa shape index (κ1) is 18.0. The van der Waals surface area contributed by atoms with Gasteiger partial charge in [-0.05, 0) is 42.0 Å². The van der Waals surface area contributed by atoms with E-state index in [-0.39, 0.29) is 4.90 Å². The van der Waals surface area contributed by atoms with E-state index in [4.69, 9.17) is 16.9 Å². The zero-order valence-corrected chi connectivity index (χ0v) is 13.5. The molecule has 0 fully saturated rings. The minimum atomic E-state index is -4.67. The van der Waals surface area contributed by atoms with Crippen LogP contribution in [0.15, 0.2) is 58.3 Å². The van der Waals surface area contributed by atoms with Crippen LogP contribution < -0.4 is 0 Å². The van der Waals surface area contributed by atoms with E-state index < -0.39 is 32.0 Å². The summed E-state index contributed by atoms with van der Waals surface area (Å²) in [5, 5.41) is 9.42. The van der Waals surface area contributed by atoms with Gasteiger partial charge in [0.15, 0.2) is 0 Å². The fourth-order valence-corrected chi connectivity index (χ4v) is 3.21. The third-order valence-corrected chi connectivity index (χ3v) is 5.01. The van der Waals surface area contributed by atoms with Crippen molar-refractivity contribution in [3.63, 3.8) is 0 Å². The van der Waals surface area contributed by atoms with Gasteiger partial charge in [-0.2, -0.15) is 18.4 Å². The van der Waals surface area contributed by atoms with Crippen molar-refractivity contribution >= 4 is 27.5 Å². The SMILES string of the molecule is N#C/C(=C\c1ccccc1C(F)(F)F)S(=O)(=O)c1ccc(Cl)cc1. The highest BCUT2D eigenvalue weighted by atomic mass is 35.5. The molecule has 0 saturated carbocycles. The Bertz CT molecular complexity index is 927. The van der Waals surface area contributed by atoms with Crippen molar-refractivity contribution in [2.45, 2.75) is 11.1 Å². The molecule has 2 aromatic rings. The van der Waals surface area contributed by atoms with E-state index in [9.17, 15) is 21.6 Å². The zero-order chi connectivity index (χ0) is 18.0. The summed E-state index contributed by atoms with van der Waals surface area (Å²) in [5.41, 5.74) is -1.43. The molecule has 2 rings (SSSR count). The first-order chi connectivity index (χ1) is 11.2. The molecule has 8 heteroatoms. The monoisotopic (exact) mass is 371 g/mol. The molecule has 24 heavy (non-hydrogen) atoms. The number of rotatable bonds is 3. The van der Waals surface area contributed by atoms with Crippen molar-refractivity contribution < 1.29 is 21.6 Å². The average Bonchev–Trinajstić information content (AvgIpc) is 2.52. The van der Waals surface area contributed by atoms with Crippen molar-refractivity contribution in [2.75, 3.05) is 0 Å². The summed E-state index contributed by atoms with van der Waals surface area (Å²) in [7, 11) is -4.25. The van der Waals surface area contributed by atoms with Gasteiger partial charge in [0.1, 0.15) is 11.0 Å². The van der Waals surface area contributed by atoms with Gasteiger partial charge in [-0.1, -0.05) is 29.8 Å². The van der Waals surface area contributed by atoms with Crippen LogP contribution in [0.4, 0.5) is 13.2 Å². The van der Waals surface area contributed by atoms with Crippen LogP contribution in [0.3, 0.4) is 0 Å². The van der Waals surface area contributed by atoms with Gasteiger partial charge in [0.2, 0.25) is 9.84 Å². The molecule has 0 bridgehead atoms. The topological polar surface area (TPSA) is 57.9 Å². The third kappa shape index (κ3) is 3.78. The molecule has 124 valence electrons. The van der Waals surface area contributed by atoms with E-state index in [1.807, 2.05) is 0 Å². The standard InChI is InChI=1S/C16H9ClF3NO2S/c17-12-5-7-13(8-6-12)24(22,23)14(10-21)9-11-3-1-2-4-15(11)16(18,19)20/h1-9H/b14-9+. The van der Waals surface area contributed by atoms with Crippen molar-refractivity contribution in [1.29, 1.82) is 5.26 Å². The maximum Gasteiger partial charge on any atom is 0.416 e. The molecule has 0 unspecified atom stereocenters. The Kier molecular flexibility index (Phi) is 5.02. The second-order valence-corrected chi connectivity index (χ2v) is 7.02. The molecular weight excluding hydrogens is 363 g/mol. The van der Waals surface area contributed by atoms with Crippen LogP contribution in [0.5, 0.6) is 0 Å². The molecule has 3 nitrogen and oxygen atoms in total. The van der Waals surface area contributed by atoms with E-state index in [0.717, 1.165) is 12.1 Å². The molecule has 0 radical (unpaired) electrons. The smallest absolute Gasteiger partial charge is 0.218 e. The van der Waals surface area contributed by atoms with E-state index in [0.29, 0.717) is 11.1 Å². The maximum atomic E-state index is 13.0. The van der Waals surface area contributed by atoms with Gasteiger partial charge in [0.25, 0.3) is 0 Å². The van der Waals surface area contributed by atoms with Gasteiger partial charge in [0.05, 0.1) is 10.5 Å². The molecular formula is C16H9ClF3NO2S. The molecule has 0 aliphatic heterocycles. The van der Waals surface area contributed by atoms with Crippen LogP contribution in [-0.4, -0.2) is 8.42 Å². The molecule has 0 N–H and O–H groups in total. The van der Waals surface area contributed by atoms with Crippen molar-refractivity contribution in [3.05, 3.63) is 69.6 Å². The quantitative estimate of drug-likeness (QED) is 0.735. The summed E-state index contributed by atoms with van der Waals surface area (Å²) in [6.07, 6.45) is -3.95. The average molecular weight is 372 g/mol. The van der Waals surface area contributed by atoms with Gasteiger partial charge >= 0.3 is 6.18 Å². The zero-order valence-electron chi connectivity index (χ0n) is 11.9. The highest BCUT2D eigenvalue weighted by Crippen LogP contribution is 2.33. The minimum absolute atomic E-state index is 0.232. The number of sulfone groups is 1. The van der Waals surface area contributed by atoms with Gasteiger partial charge in [0, 0.05) is 5.02 Å². The predicted molar refractivity (Wildman–Crippen MR) is 83.7 cm³/mol. The molecule has 0 atom stereocenters. The van der Waals surface area contributed by atoms with E-state index >= 15 is 0 Å². The fraction of sp³-hybridized carbons (Fsp3) is 0.0625. The number of halogens is 4. The lowest BCUT2D eigenvalue weighted by molar-refractivity contribution is -0.137. The Labute approximate surface area is 141 Å². The van der Waals surface area contributed by atoms with Gasteiger partial charge in [-0.15, -0.1) is 0 Å². The second kappa shape index (κ2) is 6.67. The highest BCUT2D eigenvalue weighted by molar-refractivity contribution is 7.95. The van der Waals surface area contributed by atoms with Crippen LogP contribution in [-0.2, 0) is 16.0 Å². The van der Waals surface area contributed by atoms with Gasteiger partial charge in [-0.3, -0.25) is 0 Å². The van der Waals surface area contributed by atoms with E-state index in [1.165, 1.54) is 42.5 Å². The minimum Gasteiger partial charge on any atom is -0.218 e. The largest absolute Gasteiger partial charge is 0.416 e. The summed E-state index contributed by atoms with van der Waals surface area (Å²) < 4.78 is 63.8. The molecule has 0 aliphatic rings. The lowest BCUT2D eigenvalue weighted by atomic mass is 10.1. The Morgan fingerprint density at radius 3 is 2.21 bits per heavy atom. The predicted octanol–water partition coefficient (Wildman–Crippen LogP) is 4.70. The first-order valence-electron chi connectivity index (χ1n) is 6.45. The van der Waals surface area contributed by atoms with Crippen molar-refractivity contribution in [3.8, 4) is 6.07 Å². The Morgan fingerprint density at radius 2 is 1.67 bits per heavy atom. The van der Waals surface area contributed by atoms with Crippen molar-refractivity contribution in [2.24, 2.45) is 0 Å². The Hall–Kier alpha value is -2.30. The van der Waals surface area contributed by atoms with Crippen molar-refractivity contribution in [1.82, 2.24) is 0 Å². The number of nitrogens with zero attached hydrogens (tertiary/aromatic N) is 1. The number of allylic oxidation sites excluding steroid dienone is 1. The molecule has 0 spiro atoms. The number of benzene rings is 2. The van der Waals surface area contributed by atoms with Crippen LogP contribution in [0.25, 0.3) is 6.08 Å². The maximum absolute atomic E-state index is 13.0. The van der Waals surface area contributed by atoms with Gasteiger partial charge in [-0.25, -0.2) is 8.42 Å². The van der Waals surface area contributed by atoms with Crippen LogP contribution in [0.2, 0.25) is 5.02 Å². The van der Waals surface area contributed by atoms with E-state index in [2.05, 4.69) is 0 Å². The van der Waals surface area contributed by atoms with Crippen LogP contribution >= 0.6 is 11.6 Å². The number of hydrogen-bond acceptors (Lipinski definition) is 3. The third-order valence-electron chi connectivity index (χ3n) is 3.08. The summed E-state index contributed by atoms with van der Waals surface area (Å²) in [6.45, 7) is 0. The molecule has 2 aromatic carbocycles. The van der Waals surface area contributed by atoms with Crippen LogP contribution in [0.1, 0.15) is 11.1 Å². The second-order valence-electron chi connectivity index (χ2n) is 4.66. The molecule has 0 aromatic heterocycles. The Balaban J connectivity index is 2.59. The lowest BCUT2D eigenvalue weighted by Crippen LogP contribution is -2.08.